The summed E-state index contributed by atoms with van der Waals surface area (Å²) in [4.78, 5) is 8.22. The molecule has 1 aliphatic rings. The molecule has 5 heteroatoms. The Hall–Kier alpha value is -2.14. The first-order chi connectivity index (χ1) is 9.29. The van der Waals surface area contributed by atoms with Crippen molar-refractivity contribution in [2.75, 3.05) is 13.2 Å². The monoisotopic (exact) mass is 258 g/mol. The molecule has 98 valence electrons. The third-order valence-corrected chi connectivity index (χ3v) is 2.64. The Kier molecular flexibility index (Phi) is 3.29. The predicted molar refractivity (Wildman–Crippen MR) is 68.5 cm³/mol. The highest BCUT2D eigenvalue weighted by molar-refractivity contribution is 5.32. The van der Waals surface area contributed by atoms with Crippen molar-refractivity contribution in [2.45, 2.75) is 13.0 Å². The topological polar surface area (TPSA) is 56.8 Å². The van der Waals surface area contributed by atoms with Crippen LogP contribution >= 0.6 is 0 Å². The van der Waals surface area contributed by atoms with E-state index in [1.54, 1.807) is 6.20 Å². The van der Waals surface area contributed by atoms with Crippen LogP contribution in [0.15, 0.2) is 36.5 Å². The zero-order chi connectivity index (χ0) is 13.1. The Morgan fingerprint density at radius 3 is 2.63 bits per heavy atom. The molecule has 1 saturated heterocycles. The summed E-state index contributed by atoms with van der Waals surface area (Å²) < 4.78 is 16.2. The number of nitrogens with zero attached hydrogens (tertiary/aromatic N) is 2. The Morgan fingerprint density at radius 2 is 1.95 bits per heavy atom. The zero-order valence-electron chi connectivity index (χ0n) is 10.6. The molecule has 19 heavy (non-hydrogen) atoms. The molecular formula is C14H14N2O3. The van der Waals surface area contributed by atoms with Crippen LogP contribution in [0.25, 0.3) is 0 Å². The molecule has 0 amide bonds. The normalized spacial score (nSPS) is 17.0. The fraction of sp³-hybridized carbons (Fsp3) is 0.286. The standard InChI is InChI=1S/C14H14N2O3/c1-10-6-7-15-14(16-10)19-12-4-2-11(3-5-12)17-8-13-9-18-13/h2-7,13H,8-9H2,1H3. The van der Waals surface area contributed by atoms with Gasteiger partial charge in [-0.2, -0.15) is 0 Å². The van der Waals surface area contributed by atoms with Gasteiger partial charge in [0.2, 0.25) is 0 Å². The summed E-state index contributed by atoms with van der Waals surface area (Å²) >= 11 is 0. The van der Waals surface area contributed by atoms with Gasteiger partial charge in [-0.05, 0) is 37.3 Å². The third-order valence-electron chi connectivity index (χ3n) is 2.64. The molecule has 0 N–H and O–H groups in total. The quantitative estimate of drug-likeness (QED) is 0.770. The molecule has 2 heterocycles. The van der Waals surface area contributed by atoms with Crippen LogP contribution in [-0.2, 0) is 4.74 Å². The lowest BCUT2D eigenvalue weighted by molar-refractivity contribution is 0.263. The van der Waals surface area contributed by atoms with Gasteiger partial charge in [0.05, 0.1) is 6.61 Å². The molecule has 0 spiro atoms. The first-order valence-corrected chi connectivity index (χ1v) is 6.11. The van der Waals surface area contributed by atoms with E-state index in [4.69, 9.17) is 14.2 Å². The van der Waals surface area contributed by atoms with Crippen LogP contribution in [0.1, 0.15) is 5.69 Å². The van der Waals surface area contributed by atoms with E-state index in [2.05, 4.69) is 9.97 Å². The SMILES string of the molecule is Cc1ccnc(Oc2ccc(OCC3CO3)cc2)n1. The van der Waals surface area contributed by atoms with Gasteiger partial charge < -0.3 is 14.2 Å². The van der Waals surface area contributed by atoms with E-state index in [0.29, 0.717) is 18.4 Å². The largest absolute Gasteiger partial charge is 0.491 e. The van der Waals surface area contributed by atoms with Crippen LogP contribution in [0.4, 0.5) is 0 Å². The van der Waals surface area contributed by atoms with E-state index < -0.39 is 0 Å². The van der Waals surface area contributed by atoms with Crippen molar-refractivity contribution in [3.8, 4) is 17.5 Å². The maximum absolute atomic E-state index is 5.55. The minimum atomic E-state index is 0.261. The molecule has 1 fully saturated rings. The lowest BCUT2D eigenvalue weighted by Gasteiger charge is -2.06. The van der Waals surface area contributed by atoms with Crippen molar-refractivity contribution in [3.63, 3.8) is 0 Å². The number of aryl methyl sites for hydroxylation is 1. The van der Waals surface area contributed by atoms with Gasteiger partial charge >= 0.3 is 6.01 Å². The molecule has 1 aromatic carbocycles. The summed E-state index contributed by atoms with van der Waals surface area (Å²) in [7, 11) is 0. The zero-order valence-corrected chi connectivity index (χ0v) is 10.6. The number of hydrogen-bond acceptors (Lipinski definition) is 5. The third kappa shape index (κ3) is 3.42. The van der Waals surface area contributed by atoms with Gasteiger partial charge in [0.25, 0.3) is 0 Å². The van der Waals surface area contributed by atoms with E-state index in [1.807, 2.05) is 37.3 Å². The summed E-state index contributed by atoms with van der Waals surface area (Å²) in [5.74, 6) is 1.48. The number of benzene rings is 1. The highest BCUT2D eigenvalue weighted by Gasteiger charge is 2.22. The van der Waals surface area contributed by atoms with E-state index in [9.17, 15) is 0 Å². The van der Waals surface area contributed by atoms with Crippen LogP contribution < -0.4 is 9.47 Å². The molecule has 5 nitrogen and oxygen atoms in total. The van der Waals surface area contributed by atoms with Gasteiger partial charge in [-0.25, -0.2) is 9.97 Å². The molecule has 0 saturated carbocycles. The minimum absolute atomic E-state index is 0.261. The van der Waals surface area contributed by atoms with Crippen molar-refractivity contribution >= 4 is 0 Å². The van der Waals surface area contributed by atoms with E-state index in [0.717, 1.165) is 18.1 Å². The summed E-state index contributed by atoms with van der Waals surface area (Å²) in [6.07, 6.45) is 1.93. The van der Waals surface area contributed by atoms with E-state index in [1.165, 1.54) is 0 Å². The molecule has 0 bridgehead atoms. The summed E-state index contributed by atoms with van der Waals surface area (Å²) in [6.45, 7) is 3.29. The second-order valence-electron chi connectivity index (χ2n) is 4.32. The lowest BCUT2D eigenvalue weighted by Crippen LogP contribution is -2.03. The Balaban J connectivity index is 1.61. The molecule has 0 radical (unpaired) electrons. The first-order valence-electron chi connectivity index (χ1n) is 6.11. The van der Waals surface area contributed by atoms with Crippen LogP contribution in [-0.4, -0.2) is 29.3 Å². The predicted octanol–water partition coefficient (Wildman–Crippen LogP) is 2.35. The average molecular weight is 258 g/mol. The van der Waals surface area contributed by atoms with Crippen molar-refractivity contribution in [3.05, 3.63) is 42.2 Å². The van der Waals surface area contributed by atoms with Crippen molar-refractivity contribution in [2.24, 2.45) is 0 Å². The maximum Gasteiger partial charge on any atom is 0.322 e. The average Bonchev–Trinajstić information content (AvgIpc) is 3.22. The van der Waals surface area contributed by atoms with E-state index in [-0.39, 0.29) is 6.10 Å². The number of hydrogen-bond donors (Lipinski definition) is 0. The van der Waals surface area contributed by atoms with Crippen molar-refractivity contribution in [1.82, 2.24) is 9.97 Å². The highest BCUT2D eigenvalue weighted by Crippen LogP contribution is 2.22. The molecule has 0 aliphatic carbocycles. The number of rotatable bonds is 5. The van der Waals surface area contributed by atoms with Gasteiger partial charge in [-0.15, -0.1) is 0 Å². The lowest BCUT2D eigenvalue weighted by atomic mass is 10.3. The first kappa shape index (κ1) is 11.9. The molecule has 1 aliphatic heterocycles. The van der Waals surface area contributed by atoms with Crippen molar-refractivity contribution < 1.29 is 14.2 Å². The fourth-order valence-corrected chi connectivity index (χ4v) is 1.54. The summed E-state index contributed by atoms with van der Waals surface area (Å²) in [5.41, 5.74) is 0.870. The van der Waals surface area contributed by atoms with Crippen LogP contribution in [0, 0.1) is 6.92 Å². The summed E-state index contributed by atoms with van der Waals surface area (Å²) in [5, 5.41) is 0. The fourth-order valence-electron chi connectivity index (χ4n) is 1.54. The second-order valence-corrected chi connectivity index (χ2v) is 4.32. The summed E-state index contributed by atoms with van der Waals surface area (Å²) in [6, 6.07) is 9.54. The molecule has 1 atom stereocenters. The van der Waals surface area contributed by atoms with Crippen molar-refractivity contribution in [1.29, 1.82) is 0 Å². The highest BCUT2D eigenvalue weighted by atomic mass is 16.6. The van der Waals surface area contributed by atoms with Gasteiger partial charge in [-0.1, -0.05) is 0 Å². The minimum Gasteiger partial charge on any atom is -0.491 e. The number of aromatic nitrogens is 2. The second kappa shape index (κ2) is 5.24. The van der Waals surface area contributed by atoms with Crippen LogP contribution in [0.3, 0.4) is 0 Å². The van der Waals surface area contributed by atoms with Gasteiger partial charge in [0.15, 0.2) is 0 Å². The molecule has 2 aromatic rings. The Morgan fingerprint density at radius 1 is 1.21 bits per heavy atom. The Labute approximate surface area is 111 Å². The number of epoxide rings is 1. The smallest absolute Gasteiger partial charge is 0.322 e. The van der Waals surface area contributed by atoms with E-state index >= 15 is 0 Å². The molecular weight excluding hydrogens is 244 g/mol. The van der Waals surface area contributed by atoms with Gasteiger partial charge in [0.1, 0.15) is 24.2 Å². The van der Waals surface area contributed by atoms with Crippen LogP contribution in [0.2, 0.25) is 0 Å². The number of ether oxygens (including phenoxy) is 3. The van der Waals surface area contributed by atoms with Crippen LogP contribution in [0.5, 0.6) is 17.5 Å². The molecule has 3 rings (SSSR count). The van der Waals surface area contributed by atoms with Gasteiger partial charge in [-0.3, -0.25) is 0 Å². The Bertz CT molecular complexity index is 553. The molecule has 1 aromatic heterocycles. The maximum atomic E-state index is 5.55. The van der Waals surface area contributed by atoms with Gasteiger partial charge in [0, 0.05) is 11.9 Å². The molecule has 1 unspecified atom stereocenters.